The van der Waals surface area contributed by atoms with Gasteiger partial charge in [0.1, 0.15) is 11.6 Å². The number of fused-ring (bicyclic) bond motifs is 5. The molecule has 0 amide bonds. The molecule has 9 aromatic rings. The Morgan fingerprint density at radius 3 is 2.24 bits per heavy atom. The Kier molecular flexibility index (Phi) is 5.43. The van der Waals surface area contributed by atoms with Crippen molar-refractivity contribution in [3.05, 3.63) is 157 Å². The van der Waals surface area contributed by atoms with Crippen molar-refractivity contribution < 1.29 is 8.50 Å². The molecule has 0 aliphatic heterocycles. The highest BCUT2D eigenvalue weighted by Gasteiger charge is 2.21. The van der Waals surface area contributed by atoms with Gasteiger partial charge in [0.15, 0.2) is 0 Å². The van der Waals surface area contributed by atoms with Gasteiger partial charge in [-0.15, -0.1) is 11.3 Å². The number of thiophene rings is 1. The molecule has 0 spiro atoms. The van der Waals surface area contributed by atoms with Gasteiger partial charge < -0.3 is 0 Å². The first-order chi connectivity index (χ1) is 23.8. The van der Waals surface area contributed by atoms with Crippen molar-refractivity contribution in [2.45, 2.75) is 6.85 Å². The summed E-state index contributed by atoms with van der Waals surface area (Å²) in [7, 11) is 0. The van der Waals surface area contributed by atoms with Crippen molar-refractivity contribution in [1.29, 1.82) is 0 Å². The van der Waals surface area contributed by atoms with E-state index in [2.05, 4.69) is 53.1 Å². The Bertz CT molecular complexity index is 2710. The van der Waals surface area contributed by atoms with E-state index < -0.39 is 6.85 Å². The van der Waals surface area contributed by atoms with Crippen LogP contribution in [-0.4, -0.2) is 9.55 Å². The molecule has 0 aliphatic rings. The summed E-state index contributed by atoms with van der Waals surface area (Å²) in [6, 6.07) is 47.3. The normalized spacial score (nSPS) is 12.9. The molecule has 0 fully saturated rings. The van der Waals surface area contributed by atoms with Crippen LogP contribution < -0.4 is 0 Å². The van der Waals surface area contributed by atoms with E-state index >= 15 is 4.39 Å². The van der Waals surface area contributed by atoms with Crippen LogP contribution in [0.4, 0.5) is 4.39 Å². The Morgan fingerprint density at radius 1 is 0.609 bits per heavy atom. The molecular weight excluding hydrogens is 584 g/mol. The minimum atomic E-state index is -2.13. The van der Waals surface area contributed by atoms with Crippen molar-refractivity contribution in [1.82, 2.24) is 9.55 Å². The SMILES string of the molecule is [2H]C([2H])([2H])c1ccc(-c2ccc3c(c2)sc2c(-c4nc5ccccc5n4-c4cccc5c(F)cc(-c6ccccc6)cc45)cccc23)cc1. The highest BCUT2D eigenvalue weighted by Crippen LogP contribution is 2.43. The lowest BCUT2D eigenvalue weighted by Crippen LogP contribution is -2.00. The molecule has 2 heterocycles. The number of para-hydroxylation sites is 2. The zero-order valence-electron chi connectivity index (χ0n) is 27.5. The van der Waals surface area contributed by atoms with E-state index in [0.717, 1.165) is 75.9 Å². The second-order valence-electron chi connectivity index (χ2n) is 11.5. The van der Waals surface area contributed by atoms with E-state index in [-0.39, 0.29) is 5.82 Å². The summed E-state index contributed by atoms with van der Waals surface area (Å²) in [6.07, 6.45) is 0. The van der Waals surface area contributed by atoms with Gasteiger partial charge in [0.2, 0.25) is 0 Å². The number of hydrogen-bond acceptors (Lipinski definition) is 2. The topological polar surface area (TPSA) is 17.8 Å². The summed E-state index contributed by atoms with van der Waals surface area (Å²) in [5.41, 5.74) is 7.75. The first-order valence-electron chi connectivity index (χ1n) is 16.7. The maximum atomic E-state index is 15.8. The average Bonchev–Trinajstić information content (AvgIpc) is 3.70. The third kappa shape index (κ3) is 4.26. The summed E-state index contributed by atoms with van der Waals surface area (Å²) in [4.78, 5) is 5.21. The van der Waals surface area contributed by atoms with Gasteiger partial charge in [-0.2, -0.15) is 0 Å². The van der Waals surface area contributed by atoms with Crippen LogP contribution in [0, 0.1) is 12.7 Å². The van der Waals surface area contributed by atoms with Crippen LogP contribution in [-0.2, 0) is 0 Å². The first-order valence-corrected chi connectivity index (χ1v) is 16.0. The molecule has 0 saturated carbocycles. The highest BCUT2D eigenvalue weighted by molar-refractivity contribution is 7.26. The molecular formula is C42H27FN2S. The molecule has 2 nitrogen and oxygen atoms in total. The minimum absolute atomic E-state index is 0.264. The highest BCUT2D eigenvalue weighted by atomic mass is 32.1. The van der Waals surface area contributed by atoms with E-state index in [1.54, 1.807) is 29.5 Å². The predicted octanol–water partition coefficient (Wildman–Crippen LogP) is 12.0. The molecule has 7 aromatic carbocycles. The zero-order chi connectivity index (χ0) is 33.3. The van der Waals surface area contributed by atoms with Gasteiger partial charge in [-0.25, -0.2) is 9.37 Å². The van der Waals surface area contributed by atoms with E-state index in [1.165, 1.54) is 0 Å². The molecule has 0 N–H and O–H groups in total. The molecule has 218 valence electrons. The fourth-order valence-corrected chi connectivity index (χ4v) is 7.83. The van der Waals surface area contributed by atoms with E-state index in [1.807, 2.05) is 78.9 Å². The van der Waals surface area contributed by atoms with E-state index in [0.29, 0.717) is 10.9 Å². The van der Waals surface area contributed by atoms with Crippen LogP contribution in [0.15, 0.2) is 146 Å². The quantitative estimate of drug-likeness (QED) is 0.193. The van der Waals surface area contributed by atoms with Crippen molar-refractivity contribution in [2.75, 3.05) is 0 Å². The molecule has 0 aliphatic carbocycles. The van der Waals surface area contributed by atoms with Gasteiger partial charge in [0.25, 0.3) is 0 Å². The second-order valence-corrected chi connectivity index (χ2v) is 12.6. The number of benzene rings is 7. The summed E-state index contributed by atoms with van der Waals surface area (Å²) < 4.78 is 43.4. The third-order valence-electron chi connectivity index (χ3n) is 8.79. The van der Waals surface area contributed by atoms with Crippen LogP contribution in [0.3, 0.4) is 0 Å². The standard InChI is InChI=1S/C42H27FN2S/c1-26-17-19-28(20-18-26)29-21-22-32-33-12-7-13-34(41(33)46-40(32)25-29)42-44-37-14-5-6-15-39(37)45(42)38-16-8-11-31-35(38)23-30(24-36(31)43)27-9-3-2-4-10-27/h2-25H,1H3/i1D3. The first kappa shape index (κ1) is 23.8. The Labute approximate surface area is 273 Å². The summed E-state index contributed by atoms with van der Waals surface area (Å²) in [5, 5.41) is 3.65. The molecule has 46 heavy (non-hydrogen) atoms. The number of aromatic nitrogens is 2. The van der Waals surface area contributed by atoms with Crippen LogP contribution in [0.1, 0.15) is 9.68 Å². The van der Waals surface area contributed by atoms with Crippen molar-refractivity contribution >= 4 is 53.3 Å². The Morgan fingerprint density at radius 2 is 1.37 bits per heavy atom. The molecule has 0 radical (unpaired) electrons. The maximum absolute atomic E-state index is 15.8. The summed E-state index contributed by atoms with van der Waals surface area (Å²) >= 11 is 1.72. The van der Waals surface area contributed by atoms with Crippen LogP contribution in [0.25, 0.3) is 81.3 Å². The molecule has 0 bridgehead atoms. The van der Waals surface area contributed by atoms with Crippen LogP contribution in [0.5, 0.6) is 0 Å². The number of rotatable bonds is 4. The fraction of sp³-hybridized carbons (Fsp3) is 0.0238. The van der Waals surface area contributed by atoms with E-state index in [9.17, 15) is 0 Å². The average molecular weight is 614 g/mol. The number of hydrogen-bond donors (Lipinski definition) is 0. The van der Waals surface area contributed by atoms with Gasteiger partial charge in [0.05, 0.1) is 16.7 Å². The number of nitrogens with zero attached hydrogens (tertiary/aromatic N) is 2. The monoisotopic (exact) mass is 613 g/mol. The lowest BCUT2D eigenvalue weighted by atomic mass is 9.99. The van der Waals surface area contributed by atoms with Gasteiger partial charge in [-0.3, -0.25) is 4.57 Å². The molecule has 0 atom stereocenters. The molecule has 0 unspecified atom stereocenters. The lowest BCUT2D eigenvalue weighted by molar-refractivity contribution is 0.640. The van der Waals surface area contributed by atoms with E-state index in [4.69, 9.17) is 9.10 Å². The number of imidazole rings is 1. The predicted molar refractivity (Wildman–Crippen MR) is 192 cm³/mol. The third-order valence-corrected chi connectivity index (χ3v) is 9.99. The lowest BCUT2D eigenvalue weighted by Gasteiger charge is -2.15. The number of aryl methyl sites for hydroxylation is 1. The van der Waals surface area contributed by atoms with Gasteiger partial charge in [-0.1, -0.05) is 109 Å². The maximum Gasteiger partial charge on any atom is 0.147 e. The largest absolute Gasteiger partial charge is 0.292 e. The fourth-order valence-electron chi connectivity index (χ4n) is 6.58. The van der Waals surface area contributed by atoms with Gasteiger partial charge >= 0.3 is 0 Å². The second kappa shape index (κ2) is 10.5. The zero-order valence-corrected chi connectivity index (χ0v) is 25.4. The van der Waals surface area contributed by atoms with Crippen molar-refractivity contribution in [3.63, 3.8) is 0 Å². The van der Waals surface area contributed by atoms with Crippen LogP contribution in [0.2, 0.25) is 0 Å². The minimum Gasteiger partial charge on any atom is -0.292 e. The Balaban J connectivity index is 1.25. The Hall–Kier alpha value is -5.58. The summed E-state index contributed by atoms with van der Waals surface area (Å²) in [6.45, 7) is -2.13. The van der Waals surface area contributed by atoms with Crippen LogP contribution >= 0.6 is 11.3 Å². The molecule has 4 heteroatoms. The molecule has 2 aromatic heterocycles. The molecule has 0 saturated heterocycles. The van der Waals surface area contributed by atoms with Crippen molar-refractivity contribution in [2.24, 2.45) is 0 Å². The smallest absolute Gasteiger partial charge is 0.147 e. The van der Waals surface area contributed by atoms with Gasteiger partial charge in [0, 0.05) is 40.6 Å². The van der Waals surface area contributed by atoms with Crippen molar-refractivity contribution in [3.8, 4) is 39.3 Å². The van der Waals surface area contributed by atoms with Gasteiger partial charge in [-0.05, 0) is 71.6 Å². The summed E-state index contributed by atoms with van der Waals surface area (Å²) in [5.74, 6) is 0.525. The number of halogens is 1. The molecule has 9 rings (SSSR count).